The molecule has 0 aliphatic carbocycles. The zero-order valence-electron chi connectivity index (χ0n) is 18.5. The molecule has 0 aliphatic rings. The molecule has 2 aromatic carbocycles. The van der Waals surface area contributed by atoms with E-state index in [4.69, 9.17) is 10.7 Å². The van der Waals surface area contributed by atoms with Crippen molar-refractivity contribution in [1.82, 2.24) is 14.5 Å². The Hall–Kier alpha value is -2.93. The predicted molar refractivity (Wildman–Crippen MR) is 130 cm³/mol. The lowest BCUT2D eigenvalue weighted by molar-refractivity contribution is 0.570. The van der Waals surface area contributed by atoms with Gasteiger partial charge < -0.3 is 10.3 Å². The number of imidazole rings is 1. The van der Waals surface area contributed by atoms with Crippen LogP contribution >= 0.6 is 0 Å². The van der Waals surface area contributed by atoms with Gasteiger partial charge in [0.25, 0.3) is 0 Å². The summed E-state index contributed by atoms with van der Waals surface area (Å²) in [5.74, 6) is 1.66. The predicted octanol–water partition coefficient (Wildman–Crippen LogP) is 5.15. The Kier molecular flexibility index (Phi) is 6.74. The molecule has 168 valence electrons. The maximum Gasteiger partial charge on any atom is 0.178 e. The van der Waals surface area contributed by atoms with Crippen LogP contribution < -0.4 is 5.73 Å². The Bertz CT molecular complexity index is 1310. The number of rotatable bonds is 10. The van der Waals surface area contributed by atoms with Crippen molar-refractivity contribution in [2.75, 3.05) is 11.5 Å². The summed E-state index contributed by atoms with van der Waals surface area (Å²) >= 11 is 0. The molecular formula is C25H30N4O2S. The first-order valence-electron chi connectivity index (χ1n) is 11.3. The Morgan fingerprint density at radius 3 is 2.44 bits per heavy atom. The number of unbranched alkanes of at least 4 members (excludes halogenated alkanes) is 3. The maximum atomic E-state index is 12.5. The molecule has 4 rings (SSSR count). The van der Waals surface area contributed by atoms with Crippen LogP contribution in [0, 0.1) is 0 Å². The average molecular weight is 451 g/mol. The molecule has 0 bridgehead atoms. The number of aromatic nitrogens is 3. The van der Waals surface area contributed by atoms with Crippen molar-refractivity contribution in [3.05, 3.63) is 60.4 Å². The smallest absolute Gasteiger partial charge is 0.178 e. The van der Waals surface area contributed by atoms with E-state index in [1.165, 1.54) is 0 Å². The van der Waals surface area contributed by atoms with Crippen molar-refractivity contribution in [2.24, 2.45) is 0 Å². The molecule has 6 nitrogen and oxygen atoms in total. The number of nitrogens with two attached hydrogens (primary N) is 1. The Balaban J connectivity index is 1.53. The van der Waals surface area contributed by atoms with Gasteiger partial charge >= 0.3 is 0 Å². The van der Waals surface area contributed by atoms with Crippen LogP contribution in [0.3, 0.4) is 0 Å². The van der Waals surface area contributed by atoms with Gasteiger partial charge in [-0.25, -0.2) is 18.4 Å². The van der Waals surface area contributed by atoms with E-state index in [-0.39, 0.29) is 5.75 Å². The molecule has 0 spiro atoms. The number of nitrogens with zero attached hydrogens (tertiary/aromatic N) is 3. The van der Waals surface area contributed by atoms with Crippen molar-refractivity contribution in [3.63, 3.8) is 0 Å². The SMILES string of the molecule is CCCCc1nc2c(N)nc3ccccc3c2n1CCCCCS(=O)(=O)c1ccccc1. The van der Waals surface area contributed by atoms with Crippen LogP contribution in [0.25, 0.3) is 21.9 Å². The summed E-state index contributed by atoms with van der Waals surface area (Å²) in [4.78, 5) is 9.80. The van der Waals surface area contributed by atoms with Gasteiger partial charge in [0.05, 0.1) is 21.7 Å². The molecule has 7 heteroatoms. The monoisotopic (exact) mass is 450 g/mol. The number of fused-ring (bicyclic) bond motifs is 3. The first kappa shape index (κ1) is 22.3. The second kappa shape index (κ2) is 9.69. The number of aryl methyl sites for hydroxylation is 2. The van der Waals surface area contributed by atoms with Crippen LogP contribution in [-0.2, 0) is 22.8 Å². The van der Waals surface area contributed by atoms with Gasteiger partial charge in [-0.15, -0.1) is 0 Å². The molecule has 2 N–H and O–H groups in total. The number of pyridine rings is 1. The maximum absolute atomic E-state index is 12.5. The number of benzene rings is 2. The van der Waals surface area contributed by atoms with Crippen molar-refractivity contribution in [3.8, 4) is 0 Å². The van der Waals surface area contributed by atoms with Crippen molar-refractivity contribution in [1.29, 1.82) is 0 Å². The van der Waals surface area contributed by atoms with E-state index in [0.29, 0.717) is 17.1 Å². The highest BCUT2D eigenvalue weighted by Crippen LogP contribution is 2.29. The van der Waals surface area contributed by atoms with E-state index >= 15 is 0 Å². The van der Waals surface area contributed by atoms with Gasteiger partial charge in [0.1, 0.15) is 11.3 Å². The minimum Gasteiger partial charge on any atom is -0.382 e. The van der Waals surface area contributed by atoms with Crippen molar-refractivity contribution < 1.29 is 8.42 Å². The Labute approximate surface area is 189 Å². The third-order valence-electron chi connectivity index (χ3n) is 5.84. The van der Waals surface area contributed by atoms with Gasteiger partial charge in [-0.05, 0) is 37.5 Å². The molecule has 2 aromatic heterocycles. The zero-order chi connectivity index (χ0) is 22.6. The molecule has 0 radical (unpaired) electrons. The number of anilines is 1. The normalized spacial score (nSPS) is 12.0. The van der Waals surface area contributed by atoms with Crippen LogP contribution in [0.4, 0.5) is 5.82 Å². The van der Waals surface area contributed by atoms with E-state index in [1.54, 1.807) is 24.3 Å². The zero-order valence-corrected chi connectivity index (χ0v) is 19.3. The van der Waals surface area contributed by atoms with Gasteiger partial charge in [-0.2, -0.15) is 0 Å². The Morgan fingerprint density at radius 2 is 1.66 bits per heavy atom. The molecule has 0 saturated heterocycles. The highest BCUT2D eigenvalue weighted by Gasteiger charge is 2.17. The lowest BCUT2D eigenvalue weighted by Gasteiger charge is -2.11. The molecule has 0 unspecified atom stereocenters. The van der Waals surface area contributed by atoms with Gasteiger partial charge in [-0.3, -0.25) is 0 Å². The largest absolute Gasteiger partial charge is 0.382 e. The molecule has 32 heavy (non-hydrogen) atoms. The topological polar surface area (TPSA) is 90.9 Å². The first-order chi connectivity index (χ1) is 15.5. The van der Waals surface area contributed by atoms with E-state index < -0.39 is 9.84 Å². The number of hydrogen-bond acceptors (Lipinski definition) is 5. The summed E-state index contributed by atoms with van der Waals surface area (Å²) in [6.07, 6.45) is 5.39. The number of para-hydroxylation sites is 1. The van der Waals surface area contributed by atoms with Crippen LogP contribution in [0.5, 0.6) is 0 Å². The first-order valence-corrected chi connectivity index (χ1v) is 13.0. The van der Waals surface area contributed by atoms with Crippen molar-refractivity contribution in [2.45, 2.75) is 56.9 Å². The Morgan fingerprint density at radius 1 is 0.906 bits per heavy atom. The summed E-state index contributed by atoms with van der Waals surface area (Å²) < 4.78 is 27.3. The minimum absolute atomic E-state index is 0.171. The third-order valence-corrected chi connectivity index (χ3v) is 7.66. The number of hydrogen-bond donors (Lipinski definition) is 1. The van der Waals surface area contributed by atoms with Crippen LogP contribution in [0.15, 0.2) is 59.5 Å². The summed E-state index contributed by atoms with van der Waals surface area (Å²) in [5.41, 5.74) is 8.93. The highest BCUT2D eigenvalue weighted by molar-refractivity contribution is 7.91. The summed E-state index contributed by atoms with van der Waals surface area (Å²) in [6.45, 7) is 2.96. The molecular weight excluding hydrogens is 420 g/mol. The lowest BCUT2D eigenvalue weighted by atomic mass is 10.1. The number of sulfone groups is 1. The standard InChI is InChI=1S/C25H30N4O2S/c1-2-3-16-22-28-23-24(20-14-8-9-15-21(20)27-25(23)26)29(22)17-10-5-11-18-32(30,31)19-12-6-4-7-13-19/h4,6-9,12-15H,2-3,5,10-11,16-18H2,1H3,(H2,26,27). The van der Waals surface area contributed by atoms with Gasteiger partial charge in [0.15, 0.2) is 15.7 Å². The van der Waals surface area contributed by atoms with Crippen molar-refractivity contribution >= 4 is 37.6 Å². The van der Waals surface area contributed by atoms with Crippen LogP contribution in [-0.4, -0.2) is 28.7 Å². The van der Waals surface area contributed by atoms with Gasteiger partial charge in [0.2, 0.25) is 0 Å². The average Bonchev–Trinajstić information content (AvgIpc) is 3.17. The third kappa shape index (κ3) is 4.63. The quantitative estimate of drug-likeness (QED) is 0.337. The van der Waals surface area contributed by atoms with Crippen LogP contribution in [0.2, 0.25) is 0 Å². The van der Waals surface area contributed by atoms with E-state index in [2.05, 4.69) is 22.5 Å². The fourth-order valence-electron chi connectivity index (χ4n) is 4.16. The number of nitrogen functional groups attached to an aromatic ring is 1. The summed E-state index contributed by atoms with van der Waals surface area (Å²) in [5, 5.41) is 1.05. The summed E-state index contributed by atoms with van der Waals surface area (Å²) in [6, 6.07) is 16.7. The lowest BCUT2D eigenvalue weighted by Crippen LogP contribution is -2.08. The van der Waals surface area contributed by atoms with E-state index in [1.807, 2.05) is 24.3 Å². The van der Waals surface area contributed by atoms with E-state index in [0.717, 1.165) is 66.4 Å². The second-order valence-corrected chi connectivity index (χ2v) is 10.3. The molecule has 2 heterocycles. The van der Waals surface area contributed by atoms with E-state index in [9.17, 15) is 8.42 Å². The molecule has 0 fully saturated rings. The minimum atomic E-state index is -3.23. The highest BCUT2D eigenvalue weighted by atomic mass is 32.2. The molecule has 4 aromatic rings. The second-order valence-electron chi connectivity index (χ2n) is 8.19. The van der Waals surface area contributed by atoms with Gasteiger partial charge in [0, 0.05) is 18.4 Å². The molecule has 0 aliphatic heterocycles. The molecule has 0 atom stereocenters. The fraction of sp³-hybridized carbons (Fsp3) is 0.360. The summed E-state index contributed by atoms with van der Waals surface area (Å²) in [7, 11) is -3.23. The van der Waals surface area contributed by atoms with Crippen LogP contribution in [0.1, 0.15) is 44.9 Å². The van der Waals surface area contributed by atoms with Gasteiger partial charge in [-0.1, -0.05) is 56.2 Å². The fourth-order valence-corrected chi connectivity index (χ4v) is 5.55. The molecule has 0 saturated carbocycles. The molecule has 0 amide bonds.